The monoisotopic (exact) mass is 416 g/mol. The summed E-state index contributed by atoms with van der Waals surface area (Å²) < 4.78 is 15.8. The summed E-state index contributed by atoms with van der Waals surface area (Å²) in [6.07, 6.45) is -1.15. The van der Waals surface area contributed by atoms with Crippen molar-refractivity contribution in [3.8, 4) is 11.5 Å². The Morgan fingerprint density at radius 3 is 2.33 bits per heavy atom. The quantitative estimate of drug-likeness (QED) is 0.398. The van der Waals surface area contributed by atoms with Gasteiger partial charge >= 0.3 is 5.97 Å². The molecule has 0 saturated carbocycles. The molecule has 0 heterocycles. The second-order valence-corrected chi connectivity index (χ2v) is 6.78. The van der Waals surface area contributed by atoms with Crippen LogP contribution in [0, 0.1) is 30.9 Å². The van der Waals surface area contributed by atoms with Crippen LogP contribution in [0.4, 0.5) is 11.4 Å². The van der Waals surface area contributed by atoms with Crippen LogP contribution in [-0.2, 0) is 14.3 Å². The van der Waals surface area contributed by atoms with E-state index in [9.17, 15) is 19.7 Å². The lowest BCUT2D eigenvalue weighted by atomic mass is 10.1. The van der Waals surface area contributed by atoms with E-state index >= 15 is 0 Å². The van der Waals surface area contributed by atoms with Gasteiger partial charge in [0.2, 0.25) is 0 Å². The summed E-state index contributed by atoms with van der Waals surface area (Å²) in [6.45, 7) is 6.75. The van der Waals surface area contributed by atoms with Gasteiger partial charge in [0.1, 0.15) is 11.5 Å². The number of nitrogens with one attached hydrogen (secondary N) is 1. The maximum atomic E-state index is 12.4. The maximum Gasteiger partial charge on any atom is 0.344 e. The second-order valence-electron chi connectivity index (χ2n) is 6.78. The Morgan fingerprint density at radius 1 is 1.13 bits per heavy atom. The molecule has 1 N–H and O–H groups in total. The van der Waals surface area contributed by atoms with Crippen molar-refractivity contribution in [3.05, 3.63) is 57.1 Å². The highest BCUT2D eigenvalue weighted by Gasteiger charge is 2.21. The average molecular weight is 416 g/mol. The van der Waals surface area contributed by atoms with E-state index in [0.717, 1.165) is 22.8 Å². The van der Waals surface area contributed by atoms with Crippen molar-refractivity contribution in [2.45, 2.75) is 33.8 Å². The van der Waals surface area contributed by atoms with Crippen LogP contribution >= 0.6 is 0 Å². The van der Waals surface area contributed by atoms with Crippen molar-refractivity contribution >= 4 is 23.3 Å². The van der Waals surface area contributed by atoms with Gasteiger partial charge in [-0.3, -0.25) is 14.9 Å². The van der Waals surface area contributed by atoms with Gasteiger partial charge in [0, 0.05) is 12.1 Å². The molecule has 160 valence electrons. The van der Waals surface area contributed by atoms with Crippen LogP contribution in [-0.4, -0.2) is 36.6 Å². The molecule has 2 aromatic rings. The van der Waals surface area contributed by atoms with Crippen LogP contribution in [0.2, 0.25) is 0 Å². The number of amides is 1. The minimum absolute atomic E-state index is 0.0988. The molecule has 2 aromatic carbocycles. The fourth-order valence-electron chi connectivity index (χ4n) is 2.95. The van der Waals surface area contributed by atoms with Gasteiger partial charge in [0.15, 0.2) is 12.7 Å². The van der Waals surface area contributed by atoms with Gasteiger partial charge < -0.3 is 19.5 Å². The second kappa shape index (κ2) is 9.73. The number of anilines is 1. The third kappa shape index (κ3) is 5.69. The summed E-state index contributed by atoms with van der Waals surface area (Å²) in [5.74, 6) is -0.551. The van der Waals surface area contributed by atoms with Crippen molar-refractivity contribution in [2.24, 2.45) is 0 Å². The molecule has 2 rings (SSSR count). The molecule has 0 aliphatic carbocycles. The molecule has 1 amide bonds. The number of methoxy groups -OCH3 is 1. The van der Waals surface area contributed by atoms with Crippen molar-refractivity contribution < 1.29 is 28.7 Å². The predicted octanol–water partition coefficient (Wildman–Crippen LogP) is 3.48. The van der Waals surface area contributed by atoms with E-state index < -0.39 is 22.9 Å². The number of rotatable bonds is 8. The highest BCUT2D eigenvalue weighted by atomic mass is 16.6. The number of hydrogen-bond acceptors (Lipinski definition) is 7. The predicted molar refractivity (Wildman–Crippen MR) is 110 cm³/mol. The minimum atomic E-state index is -1.15. The van der Waals surface area contributed by atoms with Crippen LogP contribution in [0.15, 0.2) is 30.3 Å². The Balaban J connectivity index is 1.98. The largest absolute Gasteiger partial charge is 0.495 e. The summed E-state index contributed by atoms with van der Waals surface area (Å²) in [5, 5.41) is 13.4. The number of ether oxygens (including phenoxy) is 3. The standard InChI is InChI=1S/C21H24N2O7/c1-12-8-13(2)20(14(3)9-12)29-11-19(24)30-15(4)21(25)22-17-10-16(23(26)27)6-7-18(17)28-5/h6-10,15H,11H2,1-5H3,(H,22,25)/t15-/m1/s1. The Kier molecular flexibility index (Phi) is 7.35. The Labute approximate surface area is 174 Å². The molecule has 0 unspecified atom stereocenters. The molecule has 0 saturated heterocycles. The van der Waals surface area contributed by atoms with E-state index in [4.69, 9.17) is 14.2 Å². The zero-order chi connectivity index (χ0) is 22.4. The lowest BCUT2D eigenvalue weighted by molar-refractivity contribution is -0.384. The van der Waals surface area contributed by atoms with E-state index in [1.54, 1.807) is 0 Å². The van der Waals surface area contributed by atoms with E-state index in [0.29, 0.717) is 5.75 Å². The first kappa shape index (κ1) is 22.7. The summed E-state index contributed by atoms with van der Waals surface area (Å²) in [4.78, 5) is 34.8. The summed E-state index contributed by atoms with van der Waals surface area (Å²) >= 11 is 0. The van der Waals surface area contributed by atoms with E-state index in [2.05, 4.69) is 5.32 Å². The molecule has 0 radical (unpaired) electrons. The minimum Gasteiger partial charge on any atom is -0.495 e. The number of carbonyl (C=O) groups is 2. The molecule has 1 atom stereocenters. The number of esters is 1. The molecule has 0 aliphatic heterocycles. The first-order valence-corrected chi connectivity index (χ1v) is 9.15. The lowest BCUT2D eigenvalue weighted by Gasteiger charge is -2.16. The van der Waals surface area contributed by atoms with Crippen LogP contribution in [0.5, 0.6) is 11.5 Å². The van der Waals surface area contributed by atoms with Crippen LogP contribution in [0.1, 0.15) is 23.6 Å². The van der Waals surface area contributed by atoms with Gasteiger partial charge in [-0.15, -0.1) is 0 Å². The van der Waals surface area contributed by atoms with Crippen molar-refractivity contribution in [1.29, 1.82) is 0 Å². The fourth-order valence-corrected chi connectivity index (χ4v) is 2.95. The van der Waals surface area contributed by atoms with E-state index in [1.165, 1.54) is 26.2 Å². The van der Waals surface area contributed by atoms with Crippen molar-refractivity contribution in [1.82, 2.24) is 0 Å². The molecular weight excluding hydrogens is 392 g/mol. The number of nitro benzene ring substituents is 1. The molecular formula is C21H24N2O7. The number of non-ortho nitro benzene ring substituents is 1. The number of nitrogens with zero attached hydrogens (tertiary/aromatic N) is 1. The maximum absolute atomic E-state index is 12.4. The zero-order valence-corrected chi connectivity index (χ0v) is 17.5. The molecule has 0 aromatic heterocycles. The number of benzene rings is 2. The summed E-state index contributed by atoms with van der Waals surface area (Å²) in [7, 11) is 1.37. The first-order valence-electron chi connectivity index (χ1n) is 9.15. The van der Waals surface area contributed by atoms with Crippen molar-refractivity contribution in [3.63, 3.8) is 0 Å². The number of aryl methyl sites for hydroxylation is 3. The highest BCUT2D eigenvalue weighted by molar-refractivity contribution is 5.96. The molecule has 0 bridgehead atoms. The smallest absolute Gasteiger partial charge is 0.344 e. The van der Waals surface area contributed by atoms with Crippen LogP contribution in [0.3, 0.4) is 0 Å². The molecule has 30 heavy (non-hydrogen) atoms. The van der Waals surface area contributed by atoms with Crippen LogP contribution in [0.25, 0.3) is 0 Å². The van der Waals surface area contributed by atoms with Crippen LogP contribution < -0.4 is 14.8 Å². The van der Waals surface area contributed by atoms with Crippen molar-refractivity contribution in [2.75, 3.05) is 19.0 Å². The third-order valence-electron chi connectivity index (χ3n) is 4.27. The Hall–Kier alpha value is -3.62. The number of nitro groups is 1. The van der Waals surface area contributed by atoms with Gasteiger partial charge in [0.25, 0.3) is 11.6 Å². The highest BCUT2D eigenvalue weighted by Crippen LogP contribution is 2.29. The SMILES string of the molecule is COc1ccc([N+](=O)[O-])cc1NC(=O)[C@@H](C)OC(=O)COc1c(C)cc(C)cc1C. The Bertz CT molecular complexity index is 949. The fraction of sp³-hybridized carbons (Fsp3) is 0.333. The van der Waals surface area contributed by atoms with Gasteiger partial charge in [0.05, 0.1) is 17.7 Å². The van der Waals surface area contributed by atoms with Gasteiger partial charge in [-0.25, -0.2) is 4.79 Å². The molecule has 9 nitrogen and oxygen atoms in total. The number of hydrogen-bond donors (Lipinski definition) is 1. The van der Waals surface area contributed by atoms with Gasteiger partial charge in [-0.2, -0.15) is 0 Å². The summed E-state index contributed by atoms with van der Waals surface area (Å²) in [5.41, 5.74) is 2.75. The van der Waals surface area contributed by atoms with E-state index in [1.807, 2.05) is 32.9 Å². The average Bonchev–Trinajstić information content (AvgIpc) is 2.66. The molecule has 9 heteroatoms. The van der Waals surface area contributed by atoms with Gasteiger partial charge in [-0.1, -0.05) is 17.7 Å². The molecule has 0 aliphatic rings. The first-order chi connectivity index (χ1) is 14.1. The zero-order valence-electron chi connectivity index (χ0n) is 17.5. The van der Waals surface area contributed by atoms with E-state index in [-0.39, 0.29) is 23.7 Å². The lowest BCUT2D eigenvalue weighted by Crippen LogP contribution is -2.31. The van der Waals surface area contributed by atoms with Gasteiger partial charge in [-0.05, 0) is 44.9 Å². The Morgan fingerprint density at radius 2 is 1.77 bits per heavy atom. The molecule has 0 fully saturated rings. The molecule has 0 spiro atoms. The summed E-state index contributed by atoms with van der Waals surface area (Å²) in [6, 6.07) is 7.67. The third-order valence-corrected chi connectivity index (χ3v) is 4.27. The normalized spacial score (nSPS) is 11.4. The number of carbonyl (C=O) groups excluding carboxylic acids is 2. The topological polar surface area (TPSA) is 117 Å².